The SMILES string of the molecule is CCOc1ccc(/C=C2\C(=O)Nc3cc(C(F)(F)F)ccc32)c(OCC)c1. The van der Waals surface area contributed by atoms with E-state index in [0.717, 1.165) is 12.1 Å². The highest BCUT2D eigenvalue weighted by Crippen LogP contribution is 2.39. The molecular weight excluding hydrogens is 359 g/mol. The van der Waals surface area contributed by atoms with E-state index in [1.54, 1.807) is 24.3 Å². The number of anilines is 1. The van der Waals surface area contributed by atoms with E-state index in [9.17, 15) is 18.0 Å². The average Bonchev–Trinajstić information content (AvgIpc) is 2.91. The molecule has 4 nitrogen and oxygen atoms in total. The molecule has 1 N–H and O–H groups in total. The van der Waals surface area contributed by atoms with Crippen LogP contribution in [0.4, 0.5) is 18.9 Å². The van der Waals surface area contributed by atoms with Crippen molar-refractivity contribution < 1.29 is 27.4 Å². The van der Waals surface area contributed by atoms with Gasteiger partial charge in [-0.25, -0.2) is 0 Å². The molecule has 0 saturated heterocycles. The lowest BCUT2D eigenvalue weighted by Crippen LogP contribution is -2.06. The summed E-state index contributed by atoms with van der Waals surface area (Å²) in [6, 6.07) is 8.43. The van der Waals surface area contributed by atoms with E-state index in [4.69, 9.17) is 9.47 Å². The lowest BCUT2D eigenvalue weighted by molar-refractivity contribution is -0.137. The normalized spacial score (nSPS) is 14.9. The van der Waals surface area contributed by atoms with Gasteiger partial charge in [0.15, 0.2) is 0 Å². The number of carbonyl (C=O) groups excluding carboxylic acids is 1. The summed E-state index contributed by atoms with van der Waals surface area (Å²) >= 11 is 0. The Morgan fingerprint density at radius 2 is 1.78 bits per heavy atom. The lowest BCUT2D eigenvalue weighted by Gasteiger charge is -2.11. The molecule has 3 rings (SSSR count). The molecule has 0 radical (unpaired) electrons. The van der Waals surface area contributed by atoms with Gasteiger partial charge < -0.3 is 14.8 Å². The first-order chi connectivity index (χ1) is 12.8. The van der Waals surface area contributed by atoms with Crippen LogP contribution in [0, 0.1) is 0 Å². The second-order valence-corrected chi connectivity index (χ2v) is 5.84. The van der Waals surface area contributed by atoms with Crippen LogP contribution in [0.1, 0.15) is 30.5 Å². The maximum absolute atomic E-state index is 12.9. The molecule has 0 bridgehead atoms. The van der Waals surface area contributed by atoms with E-state index in [0.29, 0.717) is 35.8 Å². The first-order valence-corrected chi connectivity index (χ1v) is 8.47. The summed E-state index contributed by atoms with van der Waals surface area (Å²) in [5, 5.41) is 2.49. The Bertz CT molecular complexity index is 904. The van der Waals surface area contributed by atoms with Crippen molar-refractivity contribution >= 4 is 23.2 Å². The molecule has 1 aliphatic rings. The molecule has 2 aromatic carbocycles. The van der Waals surface area contributed by atoms with Crippen LogP contribution in [0.2, 0.25) is 0 Å². The van der Waals surface area contributed by atoms with E-state index >= 15 is 0 Å². The molecule has 142 valence electrons. The first-order valence-electron chi connectivity index (χ1n) is 8.47. The fourth-order valence-electron chi connectivity index (χ4n) is 2.84. The summed E-state index contributed by atoms with van der Waals surface area (Å²) in [7, 11) is 0. The fourth-order valence-corrected chi connectivity index (χ4v) is 2.84. The van der Waals surface area contributed by atoms with E-state index in [1.165, 1.54) is 6.07 Å². The van der Waals surface area contributed by atoms with E-state index < -0.39 is 17.6 Å². The molecule has 27 heavy (non-hydrogen) atoms. The topological polar surface area (TPSA) is 47.6 Å². The Hall–Kier alpha value is -2.96. The average molecular weight is 377 g/mol. The maximum Gasteiger partial charge on any atom is 0.416 e. The third-order valence-electron chi connectivity index (χ3n) is 4.03. The number of ether oxygens (including phenoxy) is 2. The smallest absolute Gasteiger partial charge is 0.416 e. The van der Waals surface area contributed by atoms with Crippen molar-refractivity contribution in [2.24, 2.45) is 0 Å². The van der Waals surface area contributed by atoms with Gasteiger partial charge in [-0.1, -0.05) is 6.07 Å². The molecular formula is C20H18F3NO3. The molecule has 0 spiro atoms. The first kappa shape index (κ1) is 18.8. The second-order valence-electron chi connectivity index (χ2n) is 5.84. The Morgan fingerprint density at radius 1 is 1.04 bits per heavy atom. The van der Waals surface area contributed by atoms with Crippen molar-refractivity contribution in [1.82, 2.24) is 0 Å². The molecule has 0 saturated carbocycles. The third-order valence-corrected chi connectivity index (χ3v) is 4.03. The summed E-state index contributed by atoms with van der Waals surface area (Å²) in [4.78, 5) is 12.3. The van der Waals surface area contributed by atoms with Gasteiger partial charge in [0.25, 0.3) is 5.91 Å². The maximum atomic E-state index is 12.9. The summed E-state index contributed by atoms with van der Waals surface area (Å²) in [5.74, 6) is 0.707. The van der Waals surface area contributed by atoms with Gasteiger partial charge >= 0.3 is 6.18 Å². The van der Waals surface area contributed by atoms with Crippen molar-refractivity contribution in [3.05, 3.63) is 53.1 Å². The Morgan fingerprint density at radius 3 is 2.44 bits per heavy atom. The number of halogens is 3. The summed E-state index contributed by atoms with van der Waals surface area (Å²) in [6.07, 6.45) is -2.86. The van der Waals surface area contributed by atoms with E-state index in [1.807, 2.05) is 13.8 Å². The molecule has 0 atom stereocenters. The standard InChI is InChI=1S/C20H18F3NO3/c1-3-26-14-7-5-12(18(11-14)27-4-2)9-16-15-8-6-13(20(21,22)23)10-17(15)24-19(16)25/h5-11H,3-4H2,1-2H3,(H,24,25)/b16-9-. The van der Waals surface area contributed by atoms with Crippen LogP contribution in [-0.2, 0) is 11.0 Å². The largest absolute Gasteiger partial charge is 0.494 e. The number of hydrogen-bond donors (Lipinski definition) is 1. The molecule has 0 aliphatic carbocycles. The van der Waals surface area contributed by atoms with Gasteiger partial charge in [-0.2, -0.15) is 13.2 Å². The molecule has 1 amide bonds. The number of benzene rings is 2. The van der Waals surface area contributed by atoms with E-state index in [2.05, 4.69) is 5.32 Å². The molecule has 0 aromatic heterocycles. The highest BCUT2D eigenvalue weighted by atomic mass is 19.4. The highest BCUT2D eigenvalue weighted by molar-refractivity contribution is 6.35. The zero-order valence-corrected chi connectivity index (χ0v) is 14.8. The predicted molar refractivity (Wildman–Crippen MR) is 96.7 cm³/mol. The van der Waals surface area contributed by atoms with Gasteiger partial charge in [-0.3, -0.25) is 4.79 Å². The Labute approximate surface area is 154 Å². The molecule has 0 unspecified atom stereocenters. The summed E-state index contributed by atoms with van der Waals surface area (Å²) < 4.78 is 49.7. The van der Waals surface area contributed by atoms with Crippen LogP contribution in [0.5, 0.6) is 11.5 Å². The number of hydrogen-bond acceptors (Lipinski definition) is 3. The predicted octanol–water partition coefficient (Wildman–Crippen LogP) is 5.00. The number of rotatable bonds is 5. The molecule has 0 fully saturated rings. The van der Waals surface area contributed by atoms with Crippen LogP contribution >= 0.6 is 0 Å². The van der Waals surface area contributed by atoms with Crippen molar-refractivity contribution in [1.29, 1.82) is 0 Å². The van der Waals surface area contributed by atoms with Gasteiger partial charge in [-0.15, -0.1) is 0 Å². The van der Waals surface area contributed by atoms with Gasteiger partial charge in [0.1, 0.15) is 11.5 Å². The van der Waals surface area contributed by atoms with Gasteiger partial charge in [-0.05, 0) is 44.2 Å². The van der Waals surface area contributed by atoms with Crippen LogP contribution in [0.15, 0.2) is 36.4 Å². The number of alkyl halides is 3. The van der Waals surface area contributed by atoms with Crippen molar-refractivity contribution in [3.63, 3.8) is 0 Å². The van der Waals surface area contributed by atoms with E-state index in [-0.39, 0.29) is 11.3 Å². The fraction of sp³-hybridized carbons (Fsp3) is 0.250. The van der Waals surface area contributed by atoms with Gasteiger partial charge in [0, 0.05) is 28.5 Å². The number of nitrogens with one attached hydrogen (secondary N) is 1. The minimum atomic E-state index is -4.47. The highest BCUT2D eigenvalue weighted by Gasteiger charge is 2.33. The minimum Gasteiger partial charge on any atom is -0.494 e. The van der Waals surface area contributed by atoms with Gasteiger partial charge in [0.05, 0.1) is 18.8 Å². The van der Waals surface area contributed by atoms with Crippen LogP contribution < -0.4 is 14.8 Å². The summed E-state index contributed by atoms with van der Waals surface area (Å²) in [5.41, 5.74) is 0.676. The van der Waals surface area contributed by atoms with Crippen molar-refractivity contribution in [2.75, 3.05) is 18.5 Å². The second kappa shape index (κ2) is 7.34. The zero-order valence-electron chi connectivity index (χ0n) is 14.8. The molecule has 7 heteroatoms. The lowest BCUT2D eigenvalue weighted by atomic mass is 10.0. The van der Waals surface area contributed by atoms with Crippen molar-refractivity contribution in [2.45, 2.75) is 20.0 Å². The minimum absolute atomic E-state index is 0.143. The van der Waals surface area contributed by atoms with Crippen LogP contribution in [-0.4, -0.2) is 19.1 Å². The van der Waals surface area contributed by atoms with Crippen LogP contribution in [0.3, 0.4) is 0 Å². The number of carbonyl (C=O) groups is 1. The Kier molecular flexibility index (Phi) is 5.12. The molecule has 1 heterocycles. The monoisotopic (exact) mass is 377 g/mol. The number of amides is 1. The Balaban J connectivity index is 2.03. The molecule has 1 aliphatic heterocycles. The zero-order chi connectivity index (χ0) is 19.6. The quantitative estimate of drug-likeness (QED) is 0.747. The summed E-state index contributed by atoms with van der Waals surface area (Å²) in [6.45, 7) is 4.62. The van der Waals surface area contributed by atoms with Gasteiger partial charge in [0.2, 0.25) is 0 Å². The number of fused-ring (bicyclic) bond motifs is 1. The third kappa shape index (κ3) is 3.92. The van der Waals surface area contributed by atoms with Crippen LogP contribution in [0.25, 0.3) is 11.6 Å². The molecule has 2 aromatic rings. The van der Waals surface area contributed by atoms with Crippen molar-refractivity contribution in [3.8, 4) is 11.5 Å².